The average Bonchev–Trinajstić information content (AvgIpc) is 2.19. The number of ether oxygens (including phenoxy) is 1. The molecule has 2 heteroatoms. The van der Waals surface area contributed by atoms with E-state index in [9.17, 15) is 4.79 Å². The maximum atomic E-state index is 11.5. The average molecular weight is 182 g/mol. The molecule has 0 aromatic carbocycles. The predicted octanol–water partition coefficient (Wildman–Crippen LogP) is 2.48. The highest BCUT2D eigenvalue weighted by Crippen LogP contribution is 2.18. The lowest BCUT2D eigenvalue weighted by Crippen LogP contribution is -2.09. The number of Topliss-reactive ketones (excluding diaryl/α,β-unsaturated/α-hetero) is 1. The first-order valence-electron chi connectivity index (χ1n) is 5.14. The van der Waals surface area contributed by atoms with Gasteiger partial charge in [0.15, 0.2) is 5.78 Å². The van der Waals surface area contributed by atoms with Crippen molar-refractivity contribution >= 4 is 5.78 Å². The van der Waals surface area contributed by atoms with Crippen molar-refractivity contribution < 1.29 is 9.53 Å². The van der Waals surface area contributed by atoms with Crippen LogP contribution in [-0.2, 0) is 9.53 Å². The van der Waals surface area contributed by atoms with E-state index in [-0.39, 0.29) is 5.78 Å². The molecule has 0 bridgehead atoms. The number of hydrogen-bond acceptors (Lipinski definition) is 2. The molecule has 0 radical (unpaired) electrons. The van der Waals surface area contributed by atoms with Gasteiger partial charge in [-0.3, -0.25) is 4.79 Å². The van der Waals surface area contributed by atoms with Gasteiger partial charge in [-0.1, -0.05) is 6.08 Å². The molecule has 0 aliphatic heterocycles. The Morgan fingerprint density at radius 3 is 3.00 bits per heavy atom. The topological polar surface area (TPSA) is 26.3 Å². The molecule has 0 heterocycles. The quantitative estimate of drug-likeness (QED) is 0.610. The van der Waals surface area contributed by atoms with E-state index >= 15 is 0 Å². The maximum Gasteiger partial charge on any atom is 0.160 e. The molecule has 1 aliphatic rings. The van der Waals surface area contributed by atoms with Crippen molar-refractivity contribution in [2.24, 2.45) is 0 Å². The Balaban J connectivity index is 2.25. The summed E-state index contributed by atoms with van der Waals surface area (Å²) in [6.07, 6.45) is 7.12. The second-order valence-corrected chi connectivity index (χ2v) is 3.35. The lowest BCUT2D eigenvalue weighted by Gasteiger charge is -2.11. The van der Waals surface area contributed by atoms with E-state index in [0.717, 1.165) is 18.4 Å². The van der Waals surface area contributed by atoms with Gasteiger partial charge in [0.2, 0.25) is 0 Å². The van der Waals surface area contributed by atoms with E-state index in [1.54, 1.807) is 0 Å². The first kappa shape index (κ1) is 10.5. The van der Waals surface area contributed by atoms with Crippen molar-refractivity contribution in [1.82, 2.24) is 0 Å². The number of allylic oxidation sites excluding steroid dienone is 2. The zero-order chi connectivity index (χ0) is 9.52. The fourth-order valence-corrected chi connectivity index (χ4v) is 1.56. The highest BCUT2D eigenvalue weighted by molar-refractivity contribution is 5.95. The molecule has 0 saturated heterocycles. The third-order valence-electron chi connectivity index (χ3n) is 2.33. The summed E-state index contributed by atoms with van der Waals surface area (Å²) in [5.74, 6) is 0.285. The minimum absolute atomic E-state index is 0.285. The zero-order valence-electron chi connectivity index (χ0n) is 8.34. The van der Waals surface area contributed by atoms with E-state index in [1.807, 2.05) is 6.92 Å². The van der Waals surface area contributed by atoms with Crippen molar-refractivity contribution in [3.63, 3.8) is 0 Å². The molecule has 0 amide bonds. The predicted molar refractivity (Wildman–Crippen MR) is 52.7 cm³/mol. The third kappa shape index (κ3) is 3.73. The van der Waals surface area contributed by atoms with Gasteiger partial charge in [0.25, 0.3) is 0 Å². The highest BCUT2D eigenvalue weighted by Gasteiger charge is 2.11. The van der Waals surface area contributed by atoms with Crippen LogP contribution in [-0.4, -0.2) is 19.0 Å². The Bertz CT molecular complexity index is 194. The number of hydrogen-bond donors (Lipinski definition) is 0. The number of rotatable bonds is 5. The normalized spacial score (nSPS) is 16.8. The second-order valence-electron chi connectivity index (χ2n) is 3.35. The summed E-state index contributed by atoms with van der Waals surface area (Å²) in [6, 6.07) is 0. The molecule has 0 unspecified atom stereocenters. The Morgan fingerprint density at radius 2 is 2.38 bits per heavy atom. The van der Waals surface area contributed by atoms with Crippen molar-refractivity contribution in [2.45, 2.75) is 39.0 Å². The molecular weight excluding hydrogens is 164 g/mol. The molecule has 0 spiro atoms. The van der Waals surface area contributed by atoms with Gasteiger partial charge >= 0.3 is 0 Å². The molecule has 0 atom stereocenters. The van der Waals surface area contributed by atoms with E-state index in [2.05, 4.69) is 6.08 Å². The van der Waals surface area contributed by atoms with Gasteiger partial charge in [-0.25, -0.2) is 0 Å². The third-order valence-corrected chi connectivity index (χ3v) is 2.33. The highest BCUT2D eigenvalue weighted by atomic mass is 16.5. The Labute approximate surface area is 80.0 Å². The molecule has 13 heavy (non-hydrogen) atoms. The van der Waals surface area contributed by atoms with Crippen molar-refractivity contribution in [3.8, 4) is 0 Å². The molecule has 2 nitrogen and oxygen atoms in total. The second kappa shape index (κ2) is 5.92. The molecule has 1 rings (SSSR count). The van der Waals surface area contributed by atoms with Crippen LogP contribution in [0.3, 0.4) is 0 Å². The lowest BCUT2D eigenvalue weighted by atomic mass is 9.95. The number of carbonyl (C=O) groups is 1. The van der Waals surface area contributed by atoms with Crippen LogP contribution in [0.5, 0.6) is 0 Å². The zero-order valence-corrected chi connectivity index (χ0v) is 8.34. The van der Waals surface area contributed by atoms with Crippen LogP contribution >= 0.6 is 0 Å². The van der Waals surface area contributed by atoms with Crippen LogP contribution in [0.4, 0.5) is 0 Å². The summed E-state index contributed by atoms with van der Waals surface area (Å²) in [7, 11) is 0. The van der Waals surface area contributed by atoms with Gasteiger partial charge in [0.1, 0.15) is 0 Å². The SMILES string of the molecule is CCOCCC(=O)C1=CCCCC1. The Hall–Kier alpha value is -0.630. The van der Waals surface area contributed by atoms with E-state index in [4.69, 9.17) is 4.74 Å². The summed E-state index contributed by atoms with van der Waals surface area (Å²) in [5.41, 5.74) is 1.03. The molecule has 0 aromatic heterocycles. The minimum atomic E-state index is 0.285. The van der Waals surface area contributed by atoms with Crippen molar-refractivity contribution in [2.75, 3.05) is 13.2 Å². The summed E-state index contributed by atoms with van der Waals surface area (Å²) in [4.78, 5) is 11.5. The van der Waals surface area contributed by atoms with Gasteiger partial charge in [-0.2, -0.15) is 0 Å². The molecule has 74 valence electrons. The summed E-state index contributed by atoms with van der Waals surface area (Å²) in [5, 5.41) is 0. The van der Waals surface area contributed by atoms with Gasteiger partial charge in [0, 0.05) is 13.0 Å². The van der Waals surface area contributed by atoms with Crippen molar-refractivity contribution in [1.29, 1.82) is 0 Å². The largest absolute Gasteiger partial charge is 0.381 e. The van der Waals surface area contributed by atoms with Gasteiger partial charge in [-0.05, 0) is 38.2 Å². The molecule has 0 fully saturated rings. The summed E-state index contributed by atoms with van der Waals surface area (Å²) >= 11 is 0. The fraction of sp³-hybridized carbons (Fsp3) is 0.727. The van der Waals surface area contributed by atoms with E-state index in [1.165, 1.54) is 12.8 Å². The van der Waals surface area contributed by atoms with Crippen LogP contribution in [0.1, 0.15) is 39.0 Å². The number of carbonyl (C=O) groups excluding carboxylic acids is 1. The molecule has 0 aromatic rings. The Kier molecular flexibility index (Phi) is 4.76. The van der Waals surface area contributed by atoms with Crippen LogP contribution in [0, 0.1) is 0 Å². The molecule has 1 aliphatic carbocycles. The fourth-order valence-electron chi connectivity index (χ4n) is 1.56. The van der Waals surface area contributed by atoms with Crippen molar-refractivity contribution in [3.05, 3.63) is 11.6 Å². The van der Waals surface area contributed by atoms with Crippen LogP contribution < -0.4 is 0 Å². The first-order valence-corrected chi connectivity index (χ1v) is 5.14. The smallest absolute Gasteiger partial charge is 0.160 e. The van der Waals surface area contributed by atoms with Gasteiger partial charge in [-0.15, -0.1) is 0 Å². The van der Waals surface area contributed by atoms with Gasteiger partial charge < -0.3 is 4.74 Å². The Morgan fingerprint density at radius 1 is 1.54 bits per heavy atom. The van der Waals surface area contributed by atoms with E-state index < -0.39 is 0 Å². The maximum absolute atomic E-state index is 11.5. The van der Waals surface area contributed by atoms with E-state index in [0.29, 0.717) is 19.6 Å². The molecular formula is C11H18O2. The molecule has 0 N–H and O–H groups in total. The summed E-state index contributed by atoms with van der Waals surface area (Å²) < 4.78 is 5.15. The van der Waals surface area contributed by atoms with Gasteiger partial charge in [0.05, 0.1) is 6.61 Å². The standard InChI is InChI=1S/C11H18O2/c1-2-13-9-8-11(12)10-6-4-3-5-7-10/h6H,2-5,7-9H2,1H3. The van der Waals surface area contributed by atoms with Crippen LogP contribution in [0.25, 0.3) is 0 Å². The van der Waals surface area contributed by atoms with Crippen LogP contribution in [0.2, 0.25) is 0 Å². The minimum Gasteiger partial charge on any atom is -0.381 e. The monoisotopic (exact) mass is 182 g/mol. The summed E-state index contributed by atoms with van der Waals surface area (Å²) in [6.45, 7) is 3.23. The van der Waals surface area contributed by atoms with Crippen LogP contribution in [0.15, 0.2) is 11.6 Å². The first-order chi connectivity index (χ1) is 6.34. The lowest BCUT2D eigenvalue weighted by molar-refractivity contribution is -0.116. The molecule has 0 saturated carbocycles. The number of ketones is 1.